The molecule has 0 aliphatic carbocycles. The van der Waals surface area contributed by atoms with Gasteiger partial charge in [-0.25, -0.2) is 9.67 Å². The summed E-state index contributed by atoms with van der Waals surface area (Å²) < 4.78 is 1.77. The third kappa shape index (κ3) is 4.05. The molecule has 0 atom stereocenters. The molecule has 142 valence electrons. The van der Waals surface area contributed by atoms with Crippen LogP contribution in [-0.4, -0.2) is 35.8 Å². The van der Waals surface area contributed by atoms with Gasteiger partial charge in [0, 0.05) is 11.6 Å². The Labute approximate surface area is 172 Å². The van der Waals surface area contributed by atoms with Gasteiger partial charge in [0.05, 0.1) is 23.5 Å². The highest BCUT2D eigenvalue weighted by atomic mass is 35.5. The summed E-state index contributed by atoms with van der Waals surface area (Å²) in [6, 6.07) is 13.8. The Bertz CT molecular complexity index is 1190. The molecule has 0 radical (unpaired) electrons. The molecule has 8 nitrogen and oxygen atoms in total. The van der Waals surface area contributed by atoms with E-state index in [1.165, 1.54) is 0 Å². The first-order valence-electron chi connectivity index (χ1n) is 8.24. The summed E-state index contributed by atoms with van der Waals surface area (Å²) >= 11 is 4.76. The van der Waals surface area contributed by atoms with Crippen molar-refractivity contribution >= 4 is 57.5 Å². The van der Waals surface area contributed by atoms with Crippen molar-refractivity contribution < 1.29 is 0 Å². The quantitative estimate of drug-likeness (QED) is 0.301. The van der Waals surface area contributed by atoms with E-state index in [1.807, 2.05) is 43.3 Å². The molecule has 0 saturated carbocycles. The Kier molecular flexibility index (Phi) is 5.76. The monoisotopic (exact) mass is 412 g/mol. The summed E-state index contributed by atoms with van der Waals surface area (Å²) in [6.07, 6.45) is 1.79. The van der Waals surface area contributed by atoms with Gasteiger partial charge in [0.1, 0.15) is 5.52 Å². The topological polar surface area (TPSA) is 107 Å². The molecule has 0 aliphatic heterocycles. The van der Waals surface area contributed by atoms with Gasteiger partial charge in [-0.2, -0.15) is 5.10 Å². The van der Waals surface area contributed by atoms with E-state index < -0.39 is 0 Å². The van der Waals surface area contributed by atoms with Crippen LogP contribution >= 0.6 is 24.6 Å². The standard InChI is InChI=1S/C18H16N8S.ClH/c1-11(22-24-18(19)27)14-6-7-16-17(21-14)26(25-23-16)10-12-4-5-15-13(9-12)3-2-8-20-15;/h2-9H,10H2,1H3,(H3,19,24,27);1H. The molecule has 0 bridgehead atoms. The lowest BCUT2D eigenvalue weighted by molar-refractivity contribution is 0.664. The molecular formula is C18H17ClN8S. The number of benzene rings is 1. The van der Waals surface area contributed by atoms with Crippen molar-refractivity contribution in [3.63, 3.8) is 0 Å². The second-order valence-corrected chi connectivity index (χ2v) is 6.43. The zero-order valence-corrected chi connectivity index (χ0v) is 16.5. The van der Waals surface area contributed by atoms with Crippen LogP contribution in [0.3, 0.4) is 0 Å². The summed E-state index contributed by atoms with van der Waals surface area (Å²) in [6.45, 7) is 2.38. The van der Waals surface area contributed by atoms with Crippen LogP contribution in [-0.2, 0) is 6.54 Å². The number of aromatic nitrogens is 5. The van der Waals surface area contributed by atoms with E-state index in [-0.39, 0.29) is 17.5 Å². The molecule has 28 heavy (non-hydrogen) atoms. The maximum Gasteiger partial charge on any atom is 0.184 e. The average molecular weight is 413 g/mol. The van der Waals surface area contributed by atoms with Crippen LogP contribution in [0, 0.1) is 0 Å². The fraction of sp³-hybridized carbons (Fsp3) is 0.111. The van der Waals surface area contributed by atoms with Gasteiger partial charge in [-0.1, -0.05) is 17.3 Å². The van der Waals surface area contributed by atoms with Gasteiger partial charge in [-0.15, -0.1) is 17.5 Å². The smallest absolute Gasteiger partial charge is 0.184 e. The molecule has 3 heterocycles. The molecule has 0 amide bonds. The third-order valence-corrected chi connectivity index (χ3v) is 4.15. The van der Waals surface area contributed by atoms with Gasteiger partial charge < -0.3 is 5.73 Å². The maximum atomic E-state index is 5.41. The largest absolute Gasteiger partial charge is 0.375 e. The molecule has 3 N–H and O–H groups in total. The number of hydrogen-bond acceptors (Lipinski definition) is 6. The highest BCUT2D eigenvalue weighted by Gasteiger charge is 2.10. The van der Waals surface area contributed by atoms with E-state index >= 15 is 0 Å². The van der Waals surface area contributed by atoms with E-state index in [1.54, 1.807) is 10.9 Å². The van der Waals surface area contributed by atoms with Gasteiger partial charge >= 0.3 is 0 Å². The third-order valence-electron chi connectivity index (χ3n) is 4.06. The number of nitrogens with zero attached hydrogens (tertiary/aromatic N) is 6. The first-order valence-corrected chi connectivity index (χ1v) is 8.65. The van der Waals surface area contributed by atoms with Crippen LogP contribution in [0.1, 0.15) is 18.2 Å². The molecular weight excluding hydrogens is 396 g/mol. The Morgan fingerprint density at radius 3 is 2.86 bits per heavy atom. The summed E-state index contributed by atoms with van der Waals surface area (Å²) in [4.78, 5) is 8.99. The van der Waals surface area contributed by atoms with E-state index in [4.69, 9.17) is 18.0 Å². The van der Waals surface area contributed by atoms with Gasteiger partial charge in [0.15, 0.2) is 10.8 Å². The van der Waals surface area contributed by atoms with E-state index in [9.17, 15) is 0 Å². The number of rotatable bonds is 4. The van der Waals surface area contributed by atoms with E-state index in [0.717, 1.165) is 22.0 Å². The number of pyridine rings is 2. The summed E-state index contributed by atoms with van der Waals surface area (Å²) in [5.41, 5.74) is 12.8. The van der Waals surface area contributed by atoms with Gasteiger partial charge in [0.25, 0.3) is 0 Å². The number of hydrogen-bond donors (Lipinski definition) is 2. The molecule has 0 fully saturated rings. The summed E-state index contributed by atoms with van der Waals surface area (Å²) in [5, 5.41) is 13.7. The number of thiocarbonyl (C=S) groups is 1. The number of halogens is 1. The number of nitrogens with one attached hydrogen (secondary N) is 1. The highest BCUT2D eigenvalue weighted by molar-refractivity contribution is 7.80. The van der Waals surface area contributed by atoms with Crippen molar-refractivity contribution in [2.45, 2.75) is 13.5 Å². The molecule has 4 aromatic rings. The number of hydrazone groups is 1. The molecule has 10 heteroatoms. The van der Waals surface area contributed by atoms with Crippen LogP contribution in [0.5, 0.6) is 0 Å². The van der Waals surface area contributed by atoms with Crippen molar-refractivity contribution in [1.82, 2.24) is 30.4 Å². The maximum absolute atomic E-state index is 5.41. The highest BCUT2D eigenvalue weighted by Crippen LogP contribution is 2.16. The predicted octanol–water partition coefficient (Wildman–Crippen LogP) is 2.40. The zero-order valence-electron chi connectivity index (χ0n) is 14.9. The predicted molar refractivity (Wildman–Crippen MR) is 116 cm³/mol. The molecule has 1 aromatic carbocycles. The van der Waals surface area contributed by atoms with Crippen molar-refractivity contribution in [1.29, 1.82) is 0 Å². The zero-order chi connectivity index (χ0) is 18.8. The van der Waals surface area contributed by atoms with E-state index in [2.05, 4.69) is 36.9 Å². The van der Waals surface area contributed by atoms with Gasteiger partial charge in [0.2, 0.25) is 0 Å². The fourth-order valence-electron chi connectivity index (χ4n) is 2.75. The van der Waals surface area contributed by atoms with Crippen LogP contribution in [0.2, 0.25) is 0 Å². The minimum Gasteiger partial charge on any atom is -0.375 e. The van der Waals surface area contributed by atoms with Crippen LogP contribution in [0.4, 0.5) is 0 Å². The minimum absolute atomic E-state index is 0. The lowest BCUT2D eigenvalue weighted by Crippen LogP contribution is -2.25. The molecule has 3 aromatic heterocycles. The first kappa shape index (κ1) is 19.6. The van der Waals surface area contributed by atoms with Gasteiger partial charge in [-0.3, -0.25) is 10.4 Å². The SMILES string of the molecule is CC(=NNC(N)=S)c1ccc2nnn(Cc3ccc4ncccc4c3)c2n1.Cl. The number of nitrogens with two attached hydrogens (primary N) is 1. The second kappa shape index (κ2) is 8.24. The van der Waals surface area contributed by atoms with Crippen molar-refractivity contribution in [2.75, 3.05) is 0 Å². The molecule has 0 spiro atoms. The molecule has 0 aliphatic rings. The van der Waals surface area contributed by atoms with Crippen molar-refractivity contribution in [3.8, 4) is 0 Å². The van der Waals surface area contributed by atoms with E-state index in [0.29, 0.717) is 23.6 Å². The average Bonchev–Trinajstić information content (AvgIpc) is 3.08. The van der Waals surface area contributed by atoms with Crippen LogP contribution in [0.15, 0.2) is 53.8 Å². The van der Waals surface area contributed by atoms with Crippen molar-refractivity contribution in [2.24, 2.45) is 10.8 Å². The van der Waals surface area contributed by atoms with Crippen molar-refractivity contribution in [3.05, 3.63) is 59.9 Å². The lowest BCUT2D eigenvalue weighted by atomic mass is 10.1. The minimum atomic E-state index is 0. The Hall–Kier alpha value is -3.17. The molecule has 4 rings (SSSR count). The molecule has 0 unspecified atom stereocenters. The summed E-state index contributed by atoms with van der Waals surface area (Å²) in [7, 11) is 0. The van der Waals surface area contributed by atoms with Crippen LogP contribution in [0.25, 0.3) is 22.1 Å². The lowest BCUT2D eigenvalue weighted by Gasteiger charge is -2.05. The fourth-order valence-corrected chi connectivity index (χ4v) is 2.80. The number of fused-ring (bicyclic) bond motifs is 2. The second-order valence-electron chi connectivity index (χ2n) is 5.99. The summed E-state index contributed by atoms with van der Waals surface area (Å²) in [5.74, 6) is 0. The Balaban J connectivity index is 0.00000225. The molecule has 0 saturated heterocycles. The normalized spacial score (nSPS) is 11.4. The van der Waals surface area contributed by atoms with Crippen LogP contribution < -0.4 is 11.2 Å². The Morgan fingerprint density at radius 2 is 2.04 bits per heavy atom. The Morgan fingerprint density at radius 1 is 1.21 bits per heavy atom. The first-order chi connectivity index (χ1) is 13.1. The van der Waals surface area contributed by atoms with Gasteiger partial charge in [-0.05, 0) is 55.0 Å².